The molecule has 0 saturated carbocycles. The molecule has 110 valence electrons. The van der Waals surface area contributed by atoms with Crippen molar-refractivity contribution in [1.82, 2.24) is 0 Å². The SMILES string of the molecule is CC(S)=C1Sc2c(O)c3c(c(O)c2S1)SC(=C(S)C=O)S3. The molecule has 0 radical (unpaired) electrons. The minimum Gasteiger partial charge on any atom is -0.505 e. The van der Waals surface area contributed by atoms with Crippen LogP contribution in [0.15, 0.2) is 37.9 Å². The number of aldehydes is 1. The smallest absolute Gasteiger partial charge is 0.157 e. The molecule has 2 N–H and O–H groups in total. The summed E-state index contributed by atoms with van der Waals surface area (Å²) in [5.74, 6) is 0.277. The van der Waals surface area contributed by atoms with Gasteiger partial charge in [-0.05, 0) is 11.8 Å². The number of rotatable bonds is 1. The molecule has 0 atom stereocenters. The quantitative estimate of drug-likeness (QED) is 0.234. The normalized spacial score (nSPS) is 16.0. The van der Waals surface area contributed by atoms with Crippen LogP contribution >= 0.6 is 72.3 Å². The summed E-state index contributed by atoms with van der Waals surface area (Å²) in [6.07, 6.45) is 0.653. The third-order valence-electron chi connectivity index (χ3n) is 2.67. The standard InChI is InChI=1S/C12H8O3S6/c1-3(16)11-18-7-5(14)9-10(6(15)8(7)19-11)21-12(20-9)4(17)2-13/h2,14-17H,1H3. The Kier molecular flexibility index (Phi) is 4.51. The Bertz CT molecular complexity index is 688. The number of aromatic hydroxyl groups is 2. The van der Waals surface area contributed by atoms with Crippen LogP contribution in [0.4, 0.5) is 0 Å². The summed E-state index contributed by atoms with van der Waals surface area (Å²) in [6, 6.07) is 0. The Hall–Kier alpha value is 0.0700. The fourth-order valence-corrected chi connectivity index (χ4v) is 7.13. The predicted octanol–water partition coefficient (Wildman–Crippen LogP) is 4.91. The number of phenols is 2. The average molecular weight is 393 g/mol. The zero-order chi connectivity index (χ0) is 15.3. The van der Waals surface area contributed by atoms with Gasteiger partial charge >= 0.3 is 0 Å². The number of fused-ring (bicyclic) bond motifs is 2. The van der Waals surface area contributed by atoms with Crippen molar-refractivity contribution in [3.8, 4) is 11.5 Å². The molecule has 1 aromatic carbocycles. The summed E-state index contributed by atoms with van der Waals surface area (Å²) in [6.45, 7) is 1.87. The lowest BCUT2D eigenvalue weighted by atomic mass is 10.3. The van der Waals surface area contributed by atoms with E-state index >= 15 is 0 Å². The minimum atomic E-state index is 0.138. The monoisotopic (exact) mass is 392 g/mol. The van der Waals surface area contributed by atoms with Gasteiger partial charge in [-0.2, -0.15) is 0 Å². The summed E-state index contributed by atoms with van der Waals surface area (Å²) in [5.41, 5.74) is 0. The van der Waals surface area contributed by atoms with Crippen LogP contribution in [0.2, 0.25) is 0 Å². The topological polar surface area (TPSA) is 57.5 Å². The Labute approximate surface area is 149 Å². The first-order valence-corrected chi connectivity index (χ1v) is 9.71. The lowest BCUT2D eigenvalue weighted by Gasteiger charge is -2.08. The summed E-state index contributed by atoms with van der Waals surface area (Å²) < 4.78 is 1.60. The largest absolute Gasteiger partial charge is 0.505 e. The lowest BCUT2D eigenvalue weighted by molar-refractivity contribution is -0.104. The summed E-state index contributed by atoms with van der Waals surface area (Å²) in [7, 11) is 0. The number of allylic oxidation sites excluding steroid dienone is 2. The molecule has 2 heterocycles. The van der Waals surface area contributed by atoms with Crippen LogP contribution in [0.5, 0.6) is 11.5 Å². The highest BCUT2D eigenvalue weighted by atomic mass is 32.2. The molecule has 3 rings (SSSR count). The number of hydrogen-bond acceptors (Lipinski definition) is 9. The summed E-state index contributed by atoms with van der Waals surface area (Å²) in [5, 5.41) is 20.9. The van der Waals surface area contributed by atoms with Gasteiger partial charge in [0.2, 0.25) is 0 Å². The van der Waals surface area contributed by atoms with E-state index in [0.29, 0.717) is 35.0 Å². The van der Waals surface area contributed by atoms with Crippen LogP contribution in [0.1, 0.15) is 6.92 Å². The van der Waals surface area contributed by atoms with E-state index in [-0.39, 0.29) is 11.5 Å². The Morgan fingerprint density at radius 1 is 0.905 bits per heavy atom. The zero-order valence-electron chi connectivity index (χ0n) is 10.4. The van der Waals surface area contributed by atoms with E-state index in [1.165, 1.54) is 47.0 Å². The predicted molar refractivity (Wildman–Crippen MR) is 97.0 cm³/mol. The lowest BCUT2D eigenvalue weighted by Crippen LogP contribution is -1.81. The van der Waals surface area contributed by atoms with Crippen molar-refractivity contribution in [2.75, 3.05) is 0 Å². The molecule has 0 unspecified atom stereocenters. The van der Waals surface area contributed by atoms with Crippen LogP contribution in [0.3, 0.4) is 0 Å². The fraction of sp³-hybridized carbons (Fsp3) is 0.0833. The number of thiol groups is 2. The van der Waals surface area contributed by atoms with Gasteiger partial charge in [-0.15, -0.1) is 25.3 Å². The molecule has 0 aromatic heterocycles. The first-order valence-electron chi connectivity index (χ1n) is 5.55. The van der Waals surface area contributed by atoms with Gasteiger partial charge in [-0.3, -0.25) is 4.79 Å². The van der Waals surface area contributed by atoms with Crippen molar-refractivity contribution < 1.29 is 15.0 Å². The highest BCUT2D eigenvalue weighted by Crippen LogP contribution is 2.67. The van der Waals surface area contributed by atoms with Crippen molar-refractivity contribution >= 4 is 78.6 Å². The Morgan fingerprint density at radius 3 is 1.62 bits per heavy atom. The Balaban J connectivity index is 2.15. The van der Waals surface area contributed by atoms with Gasteiger partial charge in [-0.25, -0.2) is 0 Å². The maximum atomic E-state index is 10.8. The van der Waals surface area contributed by atoms with Crippen molar-refractivity contribution in [3.05, 3.63) is 18.3 Å². The van der Waals surface area contributed by atoms with Crippen LogP contribution < -0.4 is 0 Å². The van der Waals surface area contributed by atoms with Gasteiger partial charge in [0.15, 0.2) is 6.29 Å². The molecule has 1 aromatic rings. The highest BCUT2D eigenvalue weighted by Gasteiger charge is 2.35. The number of phenolic OH excluding ortho intramolecular Hbond substituents is 2. The molecule has 9 heteroatoms. The molecular formula is C12H8O3S6. The molecule has 0 amide bonds. The van der Waals surface area contributed by atoms with Gasteiger partial charge in [0, 0.05) is 0 Å². The van der Waals surface area contributed by atoms with Gasteiger partial charge in [0.25, 0.3) is 0 Å². The first-order chi connectivity index (χ1) is 9.93. The molecule has 0 aliphatic carbocycles. The zero-order valence-corrected chi connectivity index (χ0v) is 15.5. The van der Waals surface area contributed by atoms with Crippen molar-refractivity contribution in [3.63, 3.8) is 0 Å². The summed E-state index contributed by atoms with van der Waals surface area (Å²) >= 11 is 13.7. The first kappa shape index (κ1) is 15.9. The molecular weight excluding hydrogens is 385 g/mol. The third kappa shape index (κ3) is 2.61. The van der Waals surface area contributed by atoms with E-state index in [1.54, 1.807) is 0 Å². The Morgan fingerprint density at radius 2 is 1.29 bits per heavy atom. The number of carbonyl (C=O) groups excluding carboxylic acids is 1. The minimum absolute atomic E-state index is 0.138. The second-order valence-electron chi connectivity index (χ2n) is 4.09. The fourth-order valence-electron chi connectivity index (χ4n) is 1.73. The van der Waals surface area contributed by atoms with Crippen molar-refractivity contribution in [1.29, 1.82) is 0 Å². The molecule has 0 spiro atoms. The van der Waals surface area contributed by atoms with Gasteiger partial charge < -0.3 is 10.2 Å². The van der Waals surface area contributed by atoms with E-state index in [1.807, 2.05) is 6.92 Å². The molecule has 2 aliphatic heterocycles. The van der Waals surface area contributed by atoms with Gasteiger partial charge in [0.1, 0.15) is 11.5 Å². The number of hydrogen-bond donors (Lipinski definition) is 4. The number of thioether (sulfide) groups is 4. The maximum Gasteiger partial charge on any atom is 0.157 e. The van der Waals surface area contributed by atoms with Crippen LogP contribution in [0, 0.1) is 0 Å². The second kappa shape index (κ2) is 5.93. The van der Waals surface area contributed by atoms with Gasteiger partial charge in [0.05, 0.1) is 33.0 Å². The van der Waals surface area contributed by atoms with Crippen LogP contribution in [-0.2, 0) is 4.79 Å². The number of benzene rings is 1. The molecule has 3 nitrogen and oxygen atoms in total. The number of carbonyl (C=O) groups is 1. The second-order valence-corrected chi connectivity index (χ2v) is 9.84. The van der Waals surface area contributed by atoms with Crippen molar-refractivity contribution in [2.45, 2.75) is 26.5 Å². The molecule has 0 saturated heterocycles. The van der Waals surface area contributed by atoms with E-state index < -0.39 is 0 Å². The summed E-state index contributed by atoms with van der Waals surface area (Å²) in [4.78, 5) is 14.4. The molecule has 2 aliphatic rings. The van der Waals surface area contributed by atoms with E-state index in [0.717, 1.165) is 9.14 Å². The molecule has 21 heavy (non-hydrogen) atoms. The average Bonchev–Trinajstić information content (AvgIpc) is 3.08. The van der Waals surface area contributed by atoms with Crippen molar-refractivity contribution in [2.24, 2.45) is 0 Å². The van der Waals surface area contributed by atoms with Crippen LogP contribution in [0.25, 0.3) is 0 Å². The van der Waals surface area contributed by atoms with E-state index in [9.17, 15) is 15.0 Å². The van der Waals surface area contributed by atoms with Crippen LogP contribution in [-0.4, -0.2) is 16.5 Å². The maximum absolute atomic E-state index is 10.8. The van der Waals surface area contributed by atoms with E-state index in [4.69, 9.17) is 0 Å². The third-order valence-corrected chi connectivity index (χ3v) is 9.28. The van der Waals surface area contributed by atoms with Gasteiger partial charge in [-0.1, -0.05) is 47.0 Å². The molecule has 0 fully saturated rings. The molecule has 0 bridgehead atoms. The highest BCUT2D eigenvalue weighted by molar-refractivity contribution is 8.26. The van der Waals surface area contributed by atoms with E-state index in [2.05, 4.69) is 25.3 Å².